The van der Waals surface area contributed by atoms with Crippen LogP contribution >= 0.6 is 0 Å². The summed E-state index contributed by atoms with van der Waals surface area (Å²) >= 11 is 0. The highest BCUT2D eigenvalue weighted by atomic mass is 19.1. The monoisotopic (exact) mass is 312 g/mol. The zero-order valence-electron chi connectivity index (χ0n) is 13.0. The van der Waals surface area contributed by atoms with Crippen molar-refractivity contribution in [2.45, 2.75) is 13.1 Å². The first-order valence-corrected chi connectivity index (χ1v) is 7.54. The van der Waals surface area contributed by atoms with Crippen LogP contribution in [0.15, 0.2) is 65.1 Å². The summed E-state index contributed by atoms with van der Waals surface area (Å²) in [5.41, 5.74) is 1.71. The molecule has 0 spiro atoms. The molecule has 3 aromatic rings. The molecule has 0 amide bonds. The zero-order chi connectivity index (χ0) is 16.1. The second-order valence-corrected chi connectivity index (χ2v) is 5.29. The molecule has 0 aliphatic carbocycles. The van der Waals surface area contributed by atoms with Crippen molar-refractivity contribution in [3.05, 3.63) is 77.8 Å². The largest absolute Gasteiger partial charge is 0.497 e. The van der Waals surface area contributed by atoms with E-state index in [4.69, 9.17) is 9.15 Å². The first-order chi connectivity index (χ1) is 11.3. The normalized spacial score (nSPS) is 10.7. The van der Waals surface area contributed by atoms with Gasteiger partial charge in [-0.15, -0.1) is 0 Å². The summed E-state index contributed by atoms with van der Waals surface area (Å²) in [5.74, 6) is 1.98. The molecule has 0 fully saturated rings. The molecule has 2 N–H and O–H groups in total. The molecule has 0 saturated carbocycles. The number of quaternary nitrogens is 1. The lowest BCUT2D eigenvalue weighted by Crippen LogP contribution is -2.80. The van der Waals surface area contributed by atoms with Crippen LogP contribution in [0.5, 0.6) is 5.75 Å². The van der Waals surface area contributed by atoms with E-state index in [1.54, 1.807) is 25.3 Å². The number of rotatable bonds is 6. The van der Waals surface area contributed by atoms with Crippen LogP contribution in [0.25, 0.3) is 11.3 Å². The van der Waals surface area contributed by atoms with Crippen molar-refractivity contribution >= 4 is 0 Å². The molecule has 3 rings (SSSR count). The number of ether oxygens (including phenoxy) is 1. The van der Waals surface area contributed by atoms with Gasteiger partial charge in [-0.3, -0.25) is 0 Å². The molecule has 2 aromatic carbocycles. The molecule has 23 heavy (non-hydrogen) atoms. The van der Waals surface area contributed by atoms with Crippen molar-refractivity contribution < 1.29 is 18.9 Å². The van der Waals surface area contributed by atoms with Gasteiger partial charge < -0.3 is 14.5 Å². The van der Waals surface area contributed by atoms with E-state index >= 15 is 0 Å². The Morgan fingerprint density at radius 1 is 0.957 bits per heavy atom. The summed E-state index contributed by atoms with van der Waals surface area (Å²) in [6.45, 7) is 1.56. The Kier molecular flexibility index (Phi) is 4.74. The van der Waals surface area contributed by atoms with Gasteiger partial charge in [0.25, 0.3) is 0 Å². The van der Waals surface area contributed by atoms with Crippen molar-refractivity contribution in [1.29, 1.82) is 0 Å². The Hall–Kier alpha value is -2.59. The summed E-state index contributed by atoms with van der Waals surface area (Å²) in [6, 6.07) is 18.3. The molecule has 3 nitrogen and oxygen atoms in total. The third kappa shape index (κ3) is 3.79. The lowest BCUT2D eigenvalue weighted by Gasteiger charge is -2.03. The summed E-state index contributed by atoms with van der Waals surface area (Å²) in [6.07, 6.45) is 0. The van der Waals surface area contributed by atoms with Crippen LogP contribution in [0.4, 0.5) is 4.39 Å². The van der Waals surface area contributed by atoms with E-state index in [2.05, 4.69) is 5.32 Å². The average Bonchev–Trinajstić information content (AvgIpc) is 3.04. The fourth-order valence-electron chi connectivity index (χ4n) is 2.44. The topological polar surface area (TPSA) is 39.0 Å². The van der Waals surface area contributed by atoms with Crippen LogP contribution in [-0.4, -0.2) is 7.11 Å². The molecule has 1 heterocycles. The number of nitrogens with two attached hydrogens (primary N) is 1. The van der Waals surface area contributed by atoms with E-state index in [0.717, 1.165) is 18.1 Å². The Balaban J connectivity index is 1.58. The molecular weight excluding hydrogens is 293 g/mol. The maximum Gasteiger partial charge on any atom is 0.158 e. The Morgan fingerprint density at radius 3 is 2.48 bits per heavy atom. The van der Waals surface area contributed by atoms with E-state index in [1.807, 2.05) is 36.4 Å². The number of hydrogen-bond acceptors (Lipinski definition) is 2. The first kappa shape index (κ1) is 15.3. The van der Waals surface area contributed by atoms with Crippen LogP contribution in [0.2, 0.25) is 0 Å². The van der Waals surface area contributed by atoms with Crippen molar-refractivity contribution in [2.75, 3.05) is 7.11 Å². The van der Waals surface area contributed by atoms with Gasteiger partial charge in [0.1, 0.15) is 30.4 Å². The molecule has 0 bridgehead atoms. The number of methoxy groups -OCH3 is 1. The predicted molar refractivity (Wildman–Crippen MR) is 86.4 cm³/mol. The van der Waals surface area contributed by atoms with Crippen LogP contribution in [0, 0.1) is 5.82 Å². The molecule has 0 aliphatic rings. The molecule has 0 atom stereocenters. The van der Waals surface area contributed by atoms with Crippen molar-refractivity contribution in [1.82, 2.24) is 0 Å². The average molecular weight is 312 g/mol. The third-order valence-electron chi connectivity index (χ3n) is 3.69. The zero-order valence-corrected chi connectivity index (χ0v) is 13.0. The Bertz CT molecular complexity index is 765. The predicted octanol–water partition coefficient (Wildman–Crippen LogP) is 3.36. The lowest BCUT2D eigenvalue weighted by molar-refractivity contribution is -0.687. The second-order valence-electron chi connectivity index (χ2n) is 5.29. The van der Waals surface area contributed by atoms with Crippen molar-refractivity contribution in [2.24, 2.45) is 0 Å². The van der Waals surface area contributed by atoms with E-state index in [-0.39, 0.29) is 5.82 Å². The molecule has 0 aliphatic heterocycles. The highest BCUT2D eigenvalue weighted by molar-refractivity contribution is 5.58. The van der Waals surface area contributed by atoms with E-state index in [0.29, 0.717) is 17.9 Å². The smallest absolute Gasteiger partial charge is 0.158 e. The van der Waals surface area contributed by atoms with Crippen LogP contribution < -0.4 is 10.1 Å². The number of furan rings is 1. The molecule has 1 aromatic heterocycles. The van der Waals surface area contributed by atoms with Crippen LogP contribution in [0.1, 0.15) is 11.3 Å². The summed E-state index contributed by atoms with van der Waals surface area (Å²) in [7, 11) is 1.66. The van der Waals surface area contributed by atoms with Gasteiger partial charge in [-0.1, -0.05) is 12.1 Å². The van der Waals surface area contributed by atoms with Gasteiger partial charge in [0.05, 0.1) is 12.7 Å². The number of benzene rings is 2. The van der Waals surface area contributed by atoms with Gasteiger partial charge in [0.15, 0.2) is 5.76 Å². The number of hydrogen-bond donors (Lipinski definition) is 1. The van der Waals surface area contributed by atoms with E-state index < -0.39 is 0 Å². The maximum absolute atomic E-state index is 13.7. The van der Waals surface area contributed by atoms with Gasteiger partial charge in [0, 0.05) is 5.56 Å². The lowest BCUT2D eigenvalue weighted by atomic mass is 10.1. The van der Waals surface area contributed by atoms with E-state index in [1.165, 1.54) is 11.6 Å². The summed E-state index contributed by atoms with van der Waals surface area (Å²) in [4.78, 5) is 0. The van der Waals surface area contributed by atoms with E-state index in [9.17, 15) is 4.39 Å². The minimum Gasteiger partial charge on any atom is -0.497 e. The number of halogens is 1. The fourth-order valence-corrected chi connectivity index (χ4v) is 2.44. The Morgan fingerprint density at radius 2 is 1.74 bits per heavy atom. The highest BCUT2D eigenvalue weighted by Crippen LogP contribution is 2.24. The quantitative estimate of drug-likeness (QED) is 0.758. The molecule has 0 unspecified atom stereocenters. The molecule has 0 radical (unpaired) electrons. The fraction of sp³-hybridized carbons (Fsp3) is 0.158. The van der Waals surface area contributed by atoms with Gasteiger partial charge in [-0.25, -0.2) is 4.39 Å². The standard InChI is InChI=1S/C19H18FNO2/c1-22-15-8-6-14(7-9-15)12-21-13-16-10-11-19(23-16)17-4-2-3-5-18(17)20/h2-11,21H,12-13H2,1H3/p+1. The SMILES string of the molecule is COc1ccc(C[NH2+]Cc2ccc(-c3ccccc3F)o2)cc1. The molecule has 118 valence electrons. The summed E-state index contributed by atoms with van der Waals surface area (Å²) in [5, 5.41) is 2.14. The molecule has 0 saturated heterocycles. The van der Waals surface area contributed by atoms with Crippen molar-refractivity contribution in [3.63, 3.8) is 0 Å². The first-order valence-electron chi connectivity index (χ1n) is 7.54. The van der Waals surface area contributed by atoms with Crippen LogP contribution in [0.3, 0.4) is 0 Å². The van der Waals surface area contributed by atoms with Gasteiger partial charge in [0.2, 0.25) is 0 Å². The van der Waals surface area contributed by atoms with Crippen LogP contribution in [-0.2, 0) is 13.1 Å². The third-order valence-corrected chi connectivity index (χ3v) is 3.69. The Labute approximate surface area is 134 Å². The highest BCUT2D eigenvalue weighted by Gasteiger charge is 2.09. The van der Waals surface area contributed by atoms with Gasteiger partial charge in [-0.2, -0.15) is 0 Å². The van der Waals surface area contributed by atoms with Crippen molar-refractivity contribution in [3.8, 4) is 17.1 Å². The molecule has 4 heteroatoms. The second kappa shape index (κ2) is 7.11. The van der Waals surface area contributed by atoms with Gasteiger partial charge >= 0.3 is 0 Å². The van der Waals surface area contributed by atoms with Gasteiger partial charge in [-0.05, 0) is 48.5 Å². The maximum atomic E-state index is 13.7. The minimum absolute atomic E-state index is 0.268. The molecular formula is C19H19FNO2+. The minimum atomic E-state index is -0.268. The summed E-state index contributed by atoms with van der Waals surface area (Å²) < 4.78 is 24.6.